The Balaban J connectivity index is 1.70. The van der Waals surface area contributed by atoms with Crippen molar-refractivity contribution in [2.75, 3.05) is 0 Å². The maximum absolute atomic E-state index is 13.9. The van der Waals surface area contributed by atoms with Crippen molar-refractivity contribution in [2.45, 2.75) is 38.3 Å². The van der Waals surface area contributed by atoms with Gasteiger partial charge in [-0.15, -0.1) is 10.2 Å². The molecule has 0 bridgehead atoms. The Hall–Kier alpha value is -1.46. The lowest BCUT2D eigenvalue weighted by Crippen LogP contribution is -2.21. The van der Waals surface area contributed by atoms with E-state index in [1.54, 1.807) is 12.1 Å². The number of hydrogen-bond acceptors (Lipinski definition) is 3. The molecule has 0 aliphatic heterocycles. The van der Waals surface area contributed by atoms with Gasteiger partial charge in [0.15, 0.2) is 0 Å². The number of rotatable bonds is 5. The van der Waals surface area contributed by atoms with Crippen molar-refractivity contribution in [2.24, 2.45) is 7.05 Å². The van der Waals surface area contributed by atoms with Crippen molar-refractivity contribution in [3.63, 3.8) is 0 Å². The normalized spacial score (nSPS) is 16.2. The number of nitrogens with one attached hydrogen (secondary N) is 1. The van der Waals surface area contributed by atoms with E-state index in [9.17, 15) is 4.39 Å². The first-order chi connectivity index (χ1) is 10.1. The van der Waals surface area contributed by atoms with Crippen LogP contribution in [0.2, 0.25) is 5.02 Å². The molecule has 0 spiro atoms. The van der Waals surface area contributed by atoms with E-state index in [0.29, 0.717) is 23.0 Å². The molecule has 2 aromatic rings. The molecular weight excluding hydrogens is 291 g/mol. The van der Waals surface area contributed by atoms with Gasteiger partial charge < -0.3 is 9.88 Å². The molecule has 1 aromatic carbocycles. The minimum Gasteiger partial charge on any atom is -0.317 e. The molecule has 0 radical (unpaired) electrons. The lowest BCUT2D eigenvalue weighted by molar-refractivity contribution is 0.513. The molecule has 1 N–H and O–H groups in total. The van der Waals surface area contributed by atoms with E-state index < -0.39 is 0 Å². The largest absolute Gasteiger partial charge is 0.317 e. The molecule has 1 atom stereocenters. The minimum absolute atomic E-state index is 0.195. The second-order valence-electron chi connectivity index (χ2n) is 5.55. The zero-order valence-electron chi connectivity index (χ0n) is 12.1. The van der Waals surface area contributed by atoms with Gasteiger partial charge in [0.1, 0.15) is 17.5 Å². The third-order valence-corrected chi connectivity index (χ3v) is 4.27. The molecule has 112 valence electrons. The molecule has 21 heavy (non-hydrogen) atoms. The molecule has 6 heteroatoms. The van der Waals surface area contributed by atoms with Gasteiger partial charge in [-0.25, -0.2) is 4.39 Å². The third-order valence-electron chi connectivity index (χ3n) is 3.94. The molecule has 0 amide bonds. The van der Waals surface area contributed by atoms with Crippen LogP contribution in [0.1, 0.15) is 48.9 Å². The predicted octanol–water partition coefficient (Wildman–Crippen LogP) is 3.34. The number of nitrogens with zero attached hydrogens (tertiary/aromatic N) is 3. The van der Waals surface area contributed by atoms with Crippen LogP contribution in [0.5, 0.6) is 0 Å². The van der Waals surface area contributed by atoms with Crippen molar-refractivity contribution in [3.05, 3.63) is 46.3 Å². The molecule has 1 saturated carbocycles. The summed E-state index contributed by atoms with van der Waals surface area (Å²) >= 11 is 6.08. The molecule has 4 nitrogen and oxygen atoms in total. The molecule has 1 aliphatic carbocycles. The molecule has 3 rings (SSSR count). The van der Waals surface area contributed by atoms with Crippen LogP contribution in [-0.4, -0.2) is 14.8 Å². The van der Waals surface area contributed by atoms with E-state index >= 15 is 0 Å². The molecule has 1 heterocycles. The van der Waals surface area contributed by atoms with Crippen molar-refractivity contribution < 1.29 is 4.39 Å². The number of aromatic nitrogens is 3. The van der Waals surface area contributed by atoms with Crippen LogP contribution >= 0.6 is 11.6 Å². The van der Waals surface area contributed by atoms with E-state index in [-0.39, 0.29) is 11.9 Å². The average Bonchev–Trinajstić information content (AvgIpc) is 3.21. The summed E-state index contributed by atoms with van der Waals surface area (Å²) in [7, 11) is 1.98. The number of hydrogen-bond donors (Lipinski definition) is 1. The zero-order valence-corrected chi connectivity index (χ0v) is 12.9. The molecule has 1 fully saturated rings. The van der Waals surface area contributed by atoms with Gasteiger partial charge in [-0.1, -0.05) is 17.7 Å². The lowest BCUT2D eigenvalue weighted by atomic mass is 10.1. The van der Waals surface area contributed by atoms with Gasteiger partial charge in [-0.2, -0.15) is 0 Å². The highest BCUT2D eigenvalue weighted by atomic mass is 35.5. The smallest absolute Gasteiger partial charge is 0.146 e. The Morgan fingerprint density at radius 1 is 1.43 bits per heavy atom. The fraction of sp³-hybridized carbons (Fsp3) is 0.467. The minimum atomic E-state index is -0.292. The Labute approximate surface area is 128 Å². The van der Waals surface area contributed by atoms with E-state index in [0.717, 1.165) is 11.6 Å². The average molecular weight is 309 g/mol. The number of halogens is 2. The highest BCUT2D eigenvalue weighted by Crippen LogP contribution is 2.38. The first kappa shape index (κ1) is 14.5. The molecule has 1 aromatic heterocycles. The van der Waals surface area contributed by atoms with Gasteiger partial charge in [0.05, 0.1) is 6.54 Å². The van der Waals surface area contributed by atoms with Gasteiger partial charge in [-0.3, -0.25) is 0 Å². The second-order valence-corrected chi connectivity index (χ2v) is 5.95. The lowest BCUT2D eigenvalue weighted by Gasteiger charge is -2.16. The molecule has 0 unspecified atom stereocenters. The first-order valence-corrected chi connectivity index (χ1v) is 7.51. The summed E-state index contributed by atoms with van der Waals surface area (Å²) in [6.07, 6.45) is 2.39. The van der Waals surface area contributed by atoms with Crippen molar-refractivity contribution >= 4 is 11.6 Å². The summed E-state index contributed by atoms with van der Waals surface area (Å²) in [5.41, 5.74) is 0.490. The SMILES string of the molecule is C[C@@H](NCc1nnc(C2CC2)n1C)c1c(F)cccc1Cl. The van der Waals surface area contributed by atoms with Crippen LogP contribution in [-0.2, 0) is 13.6 Å². The van der Waals surface area contributed by atoms with E-state index in [1.165, 1.54) is 18.9 Å². The van der Waals surface area contributed by atoms with Crippen LogP contribution in [0.15, 0.2) is 18.2 Å². The van der Waals surface area contributed by atoms with Crippen LogP contribution < -0.4 is 5.32 Å². The van der Waals surface area contributed by atoms with E-state index in [4.69, 9.17) is 11.6 Å². The Bertz CT molecular complexity index is 631. The molecular formula is C15H18ClFN4. The summed E-state index contributed by atoms with van der Waals surface area (Å²) in [5.74, 6) is 2.17. The summed E-state index contributed by atoms with van der Waals surface area (Å²) < 4.78 is 15.9. The predicted molar refractivity (Wildman–Crippen MR) is 79.6 cm³/mol. The molecule has 0 saturated heterocycles. The summed E-state index contributed by atoms with van der Waals surface area (Å²) in [6.45, 7) is 2.42. The fourth-order valence-electron chi connectivity index (χ4n) is 2.50. The highest BCUT2D eigenvalue weighted by molar-refractivity contribution is 6.31. The maximum Gasteiger partial charge on any atom is 0.146 e. The van der Waals surface area contributed by atoms with Crippen molar-refractivity contribution in [3.8, 4) is 0 Å². The fourth-order valence-corrected chi connectivity index (χ4v) is 2.82. The maximum atomic E-state index is 13.9. The van der Waals surface area contributed by atoms with Gasteiger partial charge in [0.2, 0.25) is 0 Å². The third kappa shape index (κ3) is 2.94. The van der Waals surface area contributed by atoms with Crippen LogP contribution in [0.25, 0.3) is 0 Å². The quantitative estimate of drug-likeness (QED) is 0.921. The van der Waals surface area contributed by atoms with Crippen molar-refractivity contribution in [1.29, 1.82) is 0 Å². The topological polar surface area (TPSA) is 42.7 Å². The summed E-state index contributed by atoms with van der Waals surface area (Å²) in [4.78, 5) is 0. The Kier molecular flexibility index (Phi) is 3.95. The van der Waals surface area contributed by atoms with Crippen LogP contribution in [0.3, 0.4) is 0 Å². The van der Waals surface area contributed by atoms with Crippen LogP contribution in [0.4, 0.5) is 4.39 Å². The Morgan fingerprint density at radius 2 is 2.19 bits per heavy atom. The molecule has 1 aliphatic rings. The van der Waals surface area contributed by atoms with E-state index in [1.807, 2.05) is 18.5 Å². The Morgan fingerprint density at radius 3 is 2.86 bits per heavy atom. The number of benzene rings is 1. The monoisotopic (exact) mass is 308 g/mol. The standard InChI is InChI=1S/C15H18ClFN4/c1-9(14-11(16)4-3-5-12(14)17)18-8-13-19-20-15(21(13)2)10-6-7-10/h3-5,9-10,18H,6-8H2,1-2H3/t9-/m1/s1. The van der Waals surface area contributed by atoms with E-state index in [2.05, 4.69) is 15.5 Å². The van der Waals surface area contributed by atoms with Gasteiger partial charge in [0, 0.05) is 29.6 Å². The van der Waals surface area contributed by atoms with Gasteiger partial charge in [0.25, 0.3) is 0 Å². The second kappa shape index (κ2) is 5.73. The summed E-state index contributed by atoms with van der Waals surface area (Å²) in [5, 5.41) is 12.1. The summed E-state index contributed by atoms with van der Waals surface area (Å²) in [6, 6.07) is 4.54. The first-order valence-electron chi connectivity index (χ1n) is 7.13. The zero-order chi connectivity index (χ0) is 15.0. The highest BCUT2D eigenvalue weighted by Gasteiger charge is 2.29. The van der Waals surface area contributed by atoms with Gasteiger partial charge in [-0.05, 0) is 31.9 Å². The van der Waals surface area contributed by atoms with Gasteiger partial charge >= 0.3 is 0 Å². The van der Waals surface area contributed by atoms with Crippen LogP contribution in [0, 0.1) is 5.82 Å². The van der Waals surface area contributed by atoms with Crippen molar-refractivity contribution in [1.82, 2.24) is 20.1 Å².